The molecule has 0 bridgehead atoms. The third-order valence-electron chi connectivity index (χ3n) is 3.63. The third kappa shape index (κ3) is 3.37. The number of nitrogens with zero attached hydrogens (tertiary/aromatic N) is 1. The monoisotopic (exact) mass is 314 g/mol. The Labute approximate surface area is 125 Å². The number of rotatable bonds is 4. The Morgan fingerprint density at radius 1 is 1.43 bits per heavy atom. The molecule has 1 aromatic rings. The molecule has 1 aliphatic rings. The topological polar surface area (TPSA) is 92.9 Å². The molecule has 21 heavy (non-hydrogen) atoms. The average molecular weight is 314 g/mol. The molecule has 6 nitrogen and oxygen atoms in total. The van der Waals surface area contributed by atoms with Crippen LogP contribution in [0.1, 0.15) is 19.4 Å². The lowest BCUT2D eigenvalue weighted by molar-refractivity contribution is -0.0750. The molecule has 1 aliphatic heterocycles. The van der Waals surface area contributed by atoms with Crippen molar-refractivity contribution < 1.29 is 18.3 Å². The summed E-state index contributed by atoms with van der Waals surface area (Å²) in [5, 5.41) is 9.21. The first-order chi connectivity index (χ1) is 9.88. The van der Waals surface area contributed by atoms with E-state index < -0.39 is 16.1 Å². The minimum Gasteiger partial charge on any atom is -0.398 e. The molecule has 7 heteroatoms. The zero-order chi connectivity index (χ0) is 15.6. The minimum atomic E-state index is -3.62. The van der Waals surface area contributed by atoms with Crippen LogP contribution in [-0.4, -0.2) is 49.7 Å². The van der Waals surface area contributed by atoms with Gasteiger partial charge in [-0.25, -0.2) is 8.42 Å². The van der Waals surface area contributed by atoms with E-state index in [0.29, 0.717) is 5.69 Å². The van der Waals surface area contributed by atoms with Crippen LogP contribution in [0.25, 0.3) is 0 Å². The summed E-state index contributed by atoms with van der Waals surface area (Å²) in [5.74, 6) is 0. The highest BCUT2D eigenvalue weighted by atomic mass is 32.2. The third-order valence-corrected chi connectivity index (χ3v) is 5.46. The maximum Gasteiger partial charge on any atom is 0.243 e. The second-order valence-electron chi connectivity index (χ2n) is 5.29. The van der Waals surface area contributed by atoms with Gasteiger partial charge in [-0.2, -0.15) is 4.31 Å². The maximum absolute atomic E-state index is 12.7. The molecule has 2 atom stereocenters. The molecule has 0 aromatic heterocycles. The summed E-state index contributed by atoms with van der Waals surface area (Å²) < 4.78 is 32.2. The summed E-state index contributed by atoms with van der Waals surface area (Å²) in [7, 11) is -3.62. The number of benzene rings is 1. The number of morpholine rings is 1. The van der Waals surface area contributed by atoms with Crippen LogP contribution < -0.4 is 5.73 Å². The Hall–Kier alpha value is -1.15. The van der Waals surface area contributed by atoms with E-state index in [1.807, 2.05) is 6.92 Å². The summed E-state index contributed by atoms with van der Waals surface area (Å²) in [5.41, 5.74) is 7.30. The first-order valence-corrected chi connectivity index (χ1v) is 8.47. The van der Waals surface area contributed by atoms with Gasteiger partial charge in [0.25, 0.3) is 0 Å². The molecule has 3 N–H and O–H groups in total. The number of nitrogen functional groups attached to an aromatic ring is 1. The molecule has 0 radical (unpaired) electrons. The predicted molar refractivity (Wildman–Crippen MR) is 80.4 cm³/mol. The number of hydrogen-bond donors (Lipinski definition) is 2. The molecule has 0 spiro atoms. The van der Waals surface area contributed by atoms with Gasteiger partial charge in [0.1, 0.15) is 0 Å². The van der Waals surface area contributed by atoms with Crippen LogP contribution >= 0.6 is 0 Å². The van der Waals surface area contributed by atoms with Crippen LogP contribution in [0.4, 0.5) is 5.69 Å². The van der Waals surface area contributed by atoms with Crippen molar-refractivity contribution in [3.8, 4) is 0 Å². The maximum atomic E-state index is 12.7. The summed E-state index contributed by atoms with van der Waals surface area (Å²) in [6.45, 7) is 3.98. The molecule has 118 valence electrons. The molecule has 2 rings (SSSR count). The van der Waals surface area contributed by atoms with Crippen LogP contribution in [-0.2, 0) is 21.2 Å². The van der Waals surface area contributed by atoms with Crippen molar-refractivity contribution >= 4 is 15.7 Å². The molecule has 1 fully saturated rings. The molecule has 1 aromatic carbocycles. The normalized spacial score (nSPS) is 24.1. The highest BCUT2D eigenvalue weighted by molar-refractivity contribution is 7.89. The molecule has 0 saturated carbocycles. The summed E-state index contributed by atoms with van der Waals surface area (Å²) in [4.78, 5) is 0.183. The number of aliphatic hydroxyl groups excluding tert-OH is 1. The molecule has 0 amide bonds. The van der Waals surface area contributed by atoms with Crippen LogP contribution in [0.5, 0.6) is 0 Å². The molecular weight excluding hydrogens is 292 g/mol. The van der Waals surface area contributed by atoms with E-state index in [4.69, 9.17) is 10.5 Å². The van der Waals surface area contributed by atoms with E-state index in [-0.39, 0.29) is 30.7 Å². The molecule has 0 aliphatic carbocycles. The van der Waals surface area contributed by atoms with E-state index in [1.54, 1.807) is 19.1 Å². The Bertz CT molecular complexity index is 603. The number of nitrogens with two attached hydrogens (primary N) is 1. The zero-order valence-electron chi connectivity index (χ0n) is 12.3. The average Bonchev–Trinajstić information content (AvgIpc) is 2.46. The Kier molecular flexibility index (Phi) is 4.88. The van der Waals surface area contributed by atoms with Crippen LogP contribution in [0.2, 0.25) is 0 Å². The number of hydrogen-bond acceptors (Lipinski definition) is 5. The standard InChI is InChI=1S/C14H22N2O4S/c1-3-11-4-5-13(6-14(11)15)21(18,19)16-7-10(2)20-12(8-16)9-17/h4-6,10,12,17H,3,7-9,15H2,1-2H3. The van der Waals surface area contributed by atoms with Gasteiger partial charge < -0.3 is 15.6 Å². The first-order valence-electron chi connectivity index (χ1n) is 7.03. The smallest absolute Gasteiger partial charge is 0.243 e. The van der Waals surface area contributed by atoms with Gasteiger partial charge in [-0.3, -0.25) is 0 Å². The fraction of sp³-hybridized carbons (Fsp3) is 0.571. The van der Waals surface area contributed by atoms with E-state index in [0.717, 1.165) is 12.0 Å². The molecule has 1 heterocycles. The van der Waals surface area contributed by atoms with Crippen molar-refractivity contribution in [3.05, 3.63) is 23.8 Å². The summed E-state index contributed by atoms with van der Waals surface area (Å²) in [6, 6.07) is 4.83. The minimum absolute atomic E-state index is 0.151. The van der Waals surface area contributed by atoms with Crippen molar-refractivity contribution in [2.75, 3.05) is 25.4 Å². The van der Waals surface area contributed by atoms with Gasteiger partial charge in [-0.15, -0.1) is 0 Å². The lowest BCUT2D eigenvalue weighted by Crippen LogP contribution is -2.50. The lowest BCUT2D eigenvalue weighted by Gasteiger charge is -2.35. The van der Waals surface area contributed by atoms with Crippen LogP contribution in [0.15, 0.2) is 23.1 Å². The highest BCUT2D eigenvalue weighted by Crippen LogP contribution is 2.24. The van der Waals surface area contributed by atoms with E-state index in [1.165, 1.54) is 10.4 Å². The van der Waals surface area contributed by atoms with E-state index in [9.17, 15) is 13.5 Å². The SMILES string of the molecule is CCc1ccc(S(=O)(=O)N2CC(C)OC(CO)C2)cc1N. The van der Waals surface area contributed by atoms with Gasteiger partial charge in [0.15, 0.2) is 0 Å². The van der Waals surface area contributed by atoms with Gasteiger partial charge in [0, 0.05) is 18.8 Å². The molecule has 1 saturated heterocycles. The Balaban J connectivity index is 2.30. The molecular formula is C14H22N2O4S. The Morgan fingerprint density at radius 2 is 2.14 bits per heavy atom. The highest BCUT2D eigenvalue weighted by Gasteiger charge is 2.33. The van der Waals surface area contributed by atoms with E-state index in [2.05, 4.69) is 0 Å². The number of aryl methyl sites for hydroxylation is 1. The summed E-state index contributed by atoms with van der Waals surface area (Å²) >= 11 is 0. The number of ether oxygens (including phenoxy) is 1. The quantitative estimate of drug-likeness (QED) is 0.794. The second-order valence-corrected chi connectivity index (χ2v) is 7.23. The van der Waals surface area contributed by atoms with Gasteiger partial charge in [0.2, 0.25) is 10.0 Å². The van der Waals surface area contributed by atoms with Crippen molar-refractivity contribution in [1.82, 2.24) is 4.31 Å². The molecule has 2 unspecified atom stereocenters. The van der Waals surface area contributed by atoms with Crippen molar-refractivity contribution in [2.24, 2.45) is 0 Å². The lowest BCUT2D eigenvalue weighted by atomic mass is 10.1. The predicted octanol–water partition coefficient (Wildman–Crippen LogP) is 0.602. The van der Waals surface area contributed by atoms with Gasteiger partial charge in [-0.05, 0) is 31.0 Å². The van der Waals surface area contributed by atoms with Gasteiger partial charge in [-0.1, -0.05) is 13.0 Å². The number of aliphatic hydroxyl groups is 1. The Morgan fingerprint density at radius 3 is 2.71 bits per heavy atom. The fourth-order valence-electron chi connectivity index (χ4n) is 2.50. The van der Waals surface area contributed by atoms with E-state index >= 15 is 0 Å². The first kappa shape index (κ1) is 16.2. The largest absolute Gasteiger partial charge is 0.398 e. The fourth-order valence-corrected chi connectivity index (χ4v) is 4.09. The van der Waals surface area contributed by atoms with Crippen molar-refractivity contribution in [1.29, 1.82) is 0 Å². The second kappa shape index (κ2) is 6.31. The van der Waals surface area contributed by atoms with Gasteiger partial charge in [0.05, 0.1) is 23.7 Å². The number of anilines is 1. The van der Waals surface area contributed by atoms with Crippen LogP contribution in [0, 0.1) is 0 Å². The zero-order valence-corrected chi connectivity index (χ0v) is 13.1. The van der Waals surface area contributed by atoms with Crippen LogP contribution in [0.3, 0.4) is 0 Å². The van der Waals surface area contributed by atoms with Crippen molar-refractivity contribution in [3.63, 3.8) is 0 Å². The van der Waals surface area contributed by atoms with Crippen molar-refractivity contribution in [2.45, 2.75) is 37.4 Å². The number of sulfonamides is 1. The van der Waals surface area contributed by atoms with Gasteiger partial charge >= 0.3 is 0 Å². The summed E-state index contributed by atoms with van der Waals surface area (Å²) in [6.07, 6.45) is 0.0154.